The molecule has 0 aromatic carbocycles. The van der Waals surface area contributed by atoms with Gasteiger partial charge in [0.2, 0.25) is 5.88 Å². The second-order valence-corrected chi connectivity index (χ2v) is 3.46. The van der Waals surface area contributed by atoms with Gasteiger partial charge in [-0.3, -0.25) is 0 Å². The van der Waals surface area contributed by atoms with Gasteiger partial charge in [0.25, 0.3) is 0 Å². The minimum atomic E-state index is 0.0882. The highest BCUT2D eigenvalue weighted by Crippen LogP contribution is 2.18. The topological polar surface area (TPSA) is 35.0 Å². The van der Waals surface area contributed by atoms with Crippen molar-refractivity contribution in [3.05, 3.63) is 30.2 Å². The molecule has 0 spiro atoms. The molecular weight excluding hydrogens is 188 g/mol. The molecule has 0 atom stereocenters. The zero-order valence-corrected chi connectivity index (χ0v) is 9.45. The van der Waals surface area contributed by atoms with Gasteiger partial charge in [-0.1, -0.05) is 13.2 Å². The average molecular weight is 204 g/mol. The number of hydrogen-bond acceptors (Lipinski definition) is 3. The van der Waals surface area contributed by atoms with E-state index in [0.717, 1.165) is 11.4 Å². The lowest BCUT2D eigenvalue weighted by Gasteiger charge is -2.12. The summed E-state index contributed by atoms with van der Waals surface area (Å²) in [6.07, 6.45) is 3.40. The maximum absolute atomic E-state index is 5.53. The van der Waals surface area contributed by atoms with Crippen LogP contribution in [0, 0.1) is 6.92 Å². The van der Waals surface area contributed by atoms with Crippen LogP contribution in [0.25, 0.3) is 12.2 Å². The second kappa shape index (κ2) is 4.73. The summed E-state index contributed by atoms with van der Waals surface area (Å²) in [5.41, 5.74) is 2.20. The van der Waals surface area contributed by atoms with E-state index in [-0.39, 0.29) is 6.10 Å². The number of aromatic nitrogens is 2. The lowest BCUT2D eigenvalue weighted by atomic mass is 10.3. The van der Waals surface area contributed by atoms with E-state index in [9.17, 15) is 0 Å². The molecule has 1 rings (SSSR count). The van der Waals surface area contributed by atoms with Gasteiger partial charge in [-0.25, -0.2) is 9.97 Å². The van der Waals surface area contributed by atoms with E-state index in [4.69, 9.17) is 4.74 Å². The summed E-state index contributed by atoms with van der Waals surface area (Å²) in [5, 5.41) is 0. The molecule has 3 nitrogen and oxygen atoms in total. The van der Waals surface area contributed by atoms with Crippen molar-refractivity contribution in [2.24, 2.45) is 0 Å². The lowest BCUT2D eigenvalue weighted by Crippen LogP contribution is -2.10. The van der Waals surface area contributed by atoms with Gasteiger partial charge in [0.15, 0.2) is 0 Å². The fourth-order valence-corrected chi connectivity index (χ4v) is 1.17. The quantitative estimate of drug-likeness (QED) is 0.756. The highest BCUT2D eigenvalue weighted by atomic mass is 16.5. The molecule has 0 N–H and O–H groups in total. The van der Waals surface area contributed by atoms with E-state index in [0.29, 0.717) is 11.6 Å². The second-order valence-electron chi connectivity index (χ2n) is 3.46. The van der Waals surface area contributed by atoms with E-state index in [1.807, 2.05) is 20.8 Å². The van der Waals surface area contributed by atoms with Crippen LogP contribution in [0.15, 0.2) is 13.2 Å². The van der Waals surface area contributed by atoms with Crippen molar-refractivity contribution in [3.63, 3.8) is 0 Å². The highest BCUT2D eigenvalue weighted by Gasteiger charge is 2.09. The van der Waals surface area contributed by atoms with Crippen molar-refractivity contribution in [1.29, 1.82) is 0 Å². The third-order valence-electron chi connectivity index (χ3n) is 1.82. The Kier molecular flexibility index (Phi) is 3.61. The number of ether oxygens (including phenoxy) is 1. The van der Waals surface area contributed by atoms with Gasteiger partial charge in [-0.15, -0.1) is 0 Å². The van der Waals surface area contributed by atoms with Crippen molar-refractivity contribution in [1.82, 2.24) is 9.97 Å². The van der Waals surface area contributed by atoms with Crippen LogP contribution >= 0.6 is 0 Å². The largest absolute Gasteiger partial charge is 0.474 e. The van der Waals surface area contributed by atoms with Gasteiger partial charge in [-0.05, 0) is 32.9 Å². The van der Waals surface area contributed by atoms with E-state index >= 15 is 0 Å². The molecule has 0 bridgehead atoms. The molecule has 1 aromatic heterocycles. The smallest absolute Gasteiger partial charge is 0.236 e. The highest BCUT2D eigenvalue weighted by molar-refractivity contribution is 5.58. The van der Waals surface area contributed by atoms with Crippen molar-refractivity contribution < 1.29 is 4.74 Å². The first kappa shape index (κ1) is 11.4. The summed E-state index contributed by atoms with van der Waals surface area (Å²) in [5.74, 6) is 0.561. The summed E-state index contributed by atoms with van der Waals surface area (Å²) in [4.78, 5) is 8.67. The molecule has 1 heterocycles. The third kappa shape index (κ3) is 2.65. The Morgan fingerprint density at radius 2 is 1.67 bits per heavy atom. The standard InChI is InChI=1S/C12H16N2O/c1-6-10-11(7-2)14-12(9(5)13-10)15-8(3)4/h6-8H,1-2H2,3-5H3. The first-order valence-corrected chi connectivity index (χ1v) is 4.88. The van der Waals surface area contributed by atoms with Crippen LogP contribution in [0.1, 0.15) is 30.9 Å². The maximum atomic E-state index is 5.53. The summed E-state index contributed by atoms with van der Waals surface area (Å²) < 4.78 is 5.53. The minimum absolute atomic E-state index is 0.0882. The maximum Gasteiger partial charge on any atom is 0.236 e. The van der Waals surface area contributed by atoms with E-state index in [2.05, 4.69) is 23.1 Å². The number of hydrogen-bond donors (Lipinski definition) is 0. The van der Waals surface area contributed by atoms with Crippen molar-refractivity contribution in [3.8, 4) is 5.88 Å². The summed E-state index contributed by atoms with van der Waals surface area (Å²) >= 11 is 0. The Hall–Kier alpha value is -1.64. The molecule has 0 unspecified atom stereocenters. The van der Waals surface area contributed by atoms with Crippen LogP contribution in [0.3, 0.4) is 0 Å². The Balaban J connectivity index is 3.19. The predicted molar refractivity (Wildman–Crippen MR) is 62.7 cm³/mol. The molecule has 0 aliphatic rings. The molecule has 0 radical (unpaired) electrons. The molecule has 1 aromatic rings. The monoisotopic (exact) mass is 204 g/mol. The van der Waals surface area contributed by atoms with Crippen molar-refractivity contribution in [2.45, 2.75) is 26.9 Å². The molecule has 0 saturated carbocycles. The van der Waals surface area contributed by atoms with Gasteiger partial charge in [0.1, 0.15) is 5.69 Å². The van der Waals surface area contributed by atoms with Crippen LogP contribution in [0.2, 0.25) is 0 Å². The van der Waals surface area contributed by atoms with Crippen molar-refractivity contribution >= 4 is 12.2 Å². The van der Waals surface area contributed by atoms with Crippen molar-refractivity contribution in [2.75, 3.05) is 0 Å². The molecule has 3 heteroatoms. The van der Waals surface area contributed by atoms with Crippen LogP contribution in [0.4, 0.5) is 0 Å². The molecule has 80 valence electrons. The average Bonchev–Trinajstić information content (AvgIpc) is 2.19. The fourth-order valence-electron chi connectivity index (χ4n) is 1.17. The molecule has 15 heavy (non-hydrogen) atoms. The van der Waals surface area contributed by atoms with Gasteiger partial charge in [0.05, 0.1) is 17.5 Å². The Labute approximate surface area is 90.5 Å². The molecule has 0 amide bonds. The first-order chi connectivity index (χ1) is 7.08. The van der Waals surface area contributed by atoms with E-state index in [1.54, 1.807) is 12.2 Å². The van der Waals surface area contributed by atoms with Crippen LogP contribution in [0.5, 0.6) is 5.88 Å². The normalized spacial score (nSPS) is 10.1. The first-order valence-electron chi connectivity index (χ1n) is 4.88. The lowest BCUT2D eigenvalue weighted by molar-refractivity contribution is 0.229. The van der Waals surface area contributed by atoms with E-state index < -0.39 is 0 Å². The Morgan fingerprint density at radius 3 is 2.13 bits per heavy atom. The predicted octanol–water partition coefficient (Wildman–Crippen LogP) is 2.86. The molecule has 0 aliphatic carbocycles. The number of rotatable bonds is 4. The zero-order valence-electron chi connectivity index (χ0n) is 9.45. The molecule has 0 saturated heterocycles. The number of aryl methyl sites for hydroxylation is 1. The summed E-state index contributed by atoms with van der Waals surface area (Å²) in [6, 6.07) is 0. The third-order valence-corrected chi connectivity index (χ3v) is 1.82. The molecule has 0 fully saturated rings. The molecule has 0 aliphatic heterocycles. The van der Waals surface area contributed by atoms with Crippen LogP contribution in [-0.2, 0) is 0 Å². The van der Waals surface area contributed by atoms with Crippen LogP contribution in [-0.4, -0.2) is 16.1 Å². The Bertz CT molecular complexity index is 383. The molecular formula is C12H16N2O. The van der Waals surface area contributed by atoms with Crippen LogP contribution < -0.4 is 4.74 Å². The fraction of sp³-hybridized carbons (Fsp3) is 0.333. The van der Waals surface area contributed by atoms with Gasteiger partial charge in [-0.2, -0.15) is 0 Å². The Morgan fingerprint density at radius 1 is 1.13 bits per heavy atom. The van der Waals surface area contributed by atoms with Gasteiger partial charge < -0.3 is 4.74 Å². The summed E-state index contributed by atoms with van der Waals surface area (Å²) in [7, 11) is 0. The van der Waals surface area contributed by atoms with E-state index in [1.165, 1.54) is 0 Å². The minimum Gasteiger partial charge on any atom is -0.474 e. The zero-order chi connectivity index (χ0) is 11.4. The van der Waals surface area contributed by atoms with Gasteiger partial charge >= 0.3 is 0 Å². The number of nitrogens with zero attached hydrogens (tertiary/aromatic N) is 2. The summed E-state index contributed by atoms with van der Waals surface area (Å²) in [6.45, 7) is 13.1. The van der Waals surface area contributed by atoms with Gasteiger partial charge in [0, 0.05) is 0 Å². The SMILES string of the molecule is C=Cc1nc(C)c(OC(C)C)nc1C=C.